The minimum atomic E-state index is -0.894. The maximum atomic E-state index is 15.0. The van der Waals surface area contributed by atoms with Crippen molar-refractivity contribution in [3.05, 3.63) is 105 Å². The number of hydrogen-bond donors (Lipinski definition) is 6. The Hall–Kier alpha value is -4.30. The first kappa shape index (κ1) is 43.3. The highest BCUT2D eigenvalue weighted by Gasteiger charge is 2.33. The van der Waals surface area contributed by atoms with Gasteiger partial charge in [0, 0.05) is 19.6 Å². The fraction of sp³-hybridized carbons (Fsp3) is 0.533. The third-order valence-corrected chi connectivity index (χ3v) is 12.5. The van der Waals surface area contributed by atoms with E-state index in [1.54, 1.807) is 0 Å². The molecule has 0 radical (unpaired) electrons. The summed E-state index contributed by atoms with van der Waals surface area (Å²) in [6, 6.07) is 14.2. The number of halogens is 3. The Labute approximate surface area is 338 Å². The van der Waals surface area contributed by atoms with Gasteiger partial charge in [0.25, 0.3) is 0 Å². The zero-order valence-corrected chi connectivity index (χ0v) is 33.0. The molecule has 6 rings (SSSR count). The Morgan fingerprint density at radius 1 is 0.500 bits per heavy atom. The van der Waals surface area contributed by atoms with Crippen molar-refractivity contribution in [1.82, 2.24) is 20.9 Å². The van der Waals surface area contributed by atoms with Gasteiger partial charge >= 0.3 is 17.9 Å². The van der Waals surface area contributed by atoms with Gasteiger partial charge in [0.05, 0.1) is 17.8 Å². The zero-order valence-electron chi connectivity index (χ0n) is 33.0. The van der Waals surface area contributed by atoms with Crippen LogP contribution in [-0.4, -0.2) is 97.0 Å². The van der Waals surface area contributed by atoms with Gasteiger partial charge in [-0.25, -0.2) is 13.2 Å². The molecule has 0 unspecified atom stereocenters. The lowest BCUT2D eigenvalue weighted by Crippen LogP contribution is -2.31. The van der Waals surface area contributed by atoms with E-state index in [-0.39, 0.29) is 37.0 Å². The average molecular weight is 807 g/mol. The molecule has 3 saturated heterocycles. The van der Waals surface area contributed by atoms with Gasteiger partial charge in [-0.2, -0.15) is 0 Å². The smallest absolute Gasteiger partial charge is 0.307 e. The molecular formula is C45H57F3N4O6. The van der Waals surface area contributed by atoms with E-state index < -0.39 is 53.1 Å². The van der Waals surface area contributed by atoms with Gasteiger partial charge in [0.2, 0.25) is 0 Å². The van der Waals surface area contributed by atoms with Crippen molar-refractivity contribution in [3.63, 3.8) is 0 Å². The van der Waals surface area contributed by atoms with Crippen LogP contribution in [-0.2, 0) is 52.9 Å². The number of aliphatic carboxylic acids is 3. The topological polar surface area (TPSA) is 151 Å². The molecule has 0 bridgehead atoms. The molecular weight excluding hydrogens is 750 g/mol. The maximum Gasteiger partial charge on any atom is 0.307 e. The molecule has 6 N–H and O–H groups in total. The molecule has 6 atom stereocenters. The van der Waals surface area contributed by atoms with Gasteiger partial charge in [-0.1, -0.05) is 18.2 Å². The molecule has 0 saturated carbocycles. The first-order chi connectivity index (χ1) is 27.9. The van der Waals surface area contributed by atoms with E-state index in [4.69, 9.17) is 0 Å². The second-order valence-electron chi connectivity index (χ2n) is 16.7. The monoisotopic (exact) mass is 806 g/mol. The van der Waals surface area contributed by atoms with E-state index in [1.807, 2.05) is 18.2 Å². The molecule has 3 fully saturated rings. The Bertz CT molecular complexity index is 1670. The highest BCUT2D eigenvalue weighted by Crippen LogP contribution is 2.28. The van der Waals surface area contributed by atoms with E-state index in [9.17, 15) is 29.7 Å². The quantitative estimate of drug-likeness (QED) is 0.0870. The molecule has 314 valence electrons. The number of rotatable bonds is 21. The third kappa shape index (κ3) is 12.4. The van der Waals surface area contributed by atoms with Gasteiger partial charge in [0.15, 0.2) is 0 Å². The van der Waals surface area contributed by atoms with Crippen molar-refractivity contribution in [2.45, 2.75) is 57.8 Å². The molecule has 3 aliphatic heterocycles. The van der Waals surface area contributed by atoms with Crippen LogP contribution in [0.2, 0.25) is 0 Å². The molecule has 0 spiro atoms. The maximum absolute atomic E-state index is 15.0. The number of nitrogens with one attached hydrogen (secondary N) is 3. The Morgan fingerprint density at radius 2 is 0.776 bits per heavy atom. The standard InChI is InChI=1S/C45H57F3N4O6/c46-37-16-28(13-31(19-37)22-40(43(53)54)34-1-7-49-25-34)4-10-52(11-5-29-14-32(20-38(47)17-29)23-41(44(55)56)35-2-8-50-26-35)12-6-30-15-33(21-39(48)18-30)24-42(45(57)58)36-3-9-51-27-36/h13-21,34-36,40-42,49-51H,1-12,22-27H2,(H,53,54)(H,55,56)(H,57,58)/t34-,35-,36-,40-,41-,42-/m0/s1. The summed E-state index contributed by atoms with van der Waals surface area (Å²) in [5.41, 5.74) is 4.04. The van der Waals surface area contributed by atoms with Crippen molar-refractivity contribution in [1.29, 1.82) is 0 Å². The van der Waals surface area contributed by atoms with E-state index in [0.29, 0.717) is 75.2 Å². The largest absolute Gasteiger partial charge is 0.481 e. The van der Waals surface area contributed by atoms with Gasteiger partial charge < -0.3 is 36.2 Å². The summed E-state index contributed by atoms with van der Waals surface area (Å²) in [5, 5.41) is 39.6. The van der Waals surface area contributed by atoms with Crippen LogP contribution in [0.1, 0.15) is 52.6 Å². The van der Waals surface area contributed by atoms with Gasteiger partial charge in [0.1, 0.15) is 17.5 Å². The lowest BCUT2D eigenvalue weighted by molar-refractivity contribution is -0.144. The molecule has 58 heavy (non-hydrogen) atoms. The number of benzene rings is 3. The number of nitrogens with zero attached hydrogens (tertiary/aromatic N) is 1. The summed E-state index contributed by atoms with van der Waals surface area (Å²) in [6.07, 6.45) is 4.27. The fourth-order valence-electron chi connectivity index (χ4n) is 9.33. The van der Waals surface area contributed by atoms with Crippen LogP contribution in [0.4, 0.5) is 13.2 Å². The van der Waals surface area contributed by atoms with Crippen molar-refractivity contribution in [2.24, 2.45) is 35.5 Å². The highest BCUT2D eigenvalue weighted by atomic mass is 19.1. The van der Waals surface area contributed by atoms with Crippen LogP contribution in [0.25, 0.3) is 0 Å². The second kappa shape index (κ2) is 20.6. The van der Waals surface area contributed by atoms with Crippen molar-refractivity contribution < 1.29 is 42.9 Å². The lowest BCUT2D eigenvalue weighted by Gasteiger charge is -2.24. The fourth-order valence-corrected chi connectivity index (χ4v) is 9.33. The Kier molecular flexibility index (Phi) is 15.4. The molecule has 13 heteroatoms. The van der Waals surface area contributed by atoms with E-state index in [2.05, 4.69) is 20.9 Å². The predicted octanol–water partition coefficient (Wildman–Crippen LogP) is 4.99. The zero-order chi connectivity index (χ0) is 41.2. The normalized spacial score (nSPS) is 21.0. The lowest BCUT2D eigenvalue weighted by atomic mass is 9.85. The van der Waals surface area contributed by atoms with Gasteiger partial charge in [-0.15, -0.1) is 0 Å². The third-order valence-electron chi connectivity index (χ3n) is 12.5. The van der Waals surface area contributed by atoms with Crippen LogP contribution >= 0.6 is 0 Å². The number of carbonyl (C=O) groups is 3. The second-order valence-corrected chi connectivity index (χ2v) is 16.7. The van der Waals surface area contributed by atoms with Crippen molar-refractivity contribution >= 4 is 17.9 Å². The SMILES string of the molecule is O=C(O)[C@@H](Cc1cc(F)cc(CCN(CCc2cc(F)cc(C[C@H](C(=O)O)[C@H]3CCNC3)c2)CCc2cc(F)cc(C[C@H](C(=O)O)[C@H]3CCNC3)c2)c1)[C@H]1CCNC1. The molecule has 3 aliphatic rings. The van der Waals surface area contributed by atoms with Gasteiger partial charge in [-0.05, 0) is 185 Å². The summed E-state index contributed by atoms with van der Waals surface area (Å²) in [6.45, 7) is 5.56. The average Bonchev–Trinajstić information content (AvgIpc) is 3.99. The minimum absolute atomic E-state index is 0.0316. The van der Waals surface area contributed by atoms with Crippen molar-refractivity contribution in [2.75, 3.05) is 58.9 Å². The first-order valence-corrected chi connectivity index (χ1v) is 20.8. The van der Waals surface area contributed by atoms with Crippen LogP contribution < -0.4 is 16.0 Å². The minimum Gasteiger partial charge on any atom is -0.481 e. The molecule has 10 nitrogen and oxygen atoms in total. The summed E-state index contributed by atoms with van der Waals surface area (Å²) >= 11 is 0. The molecule has 0 aliphatic carbocycles. The van der Waals surface area contributed by atoms with Crippen LogP contribution in [0, 0.1) is 53.0 Å². The number of carboxylic acid groups (broad SMARTS) is 3. The molecule has 3 heterocycles. The van der Waals surface area contributed by atoms with Crippen molar-refractivity contribution in [3.8, 4) is 0 Å². The molecule has 3 aromatic carbocycles. The highest BCUT2D eigenvalue weighted by molar-refractivity contribution is 5.72. The number of carboxylic acids is 3. The Balaban J connectivity index is 1.18. The van der Waals surface area contributed by atoms with Crippen LogP contribution in [0.15, 0.2) is 54.6 Å². The molecule has 3 aromatic rings. The Morgan fingerprint density at radius 3 is 1.02 bits per heavy atom. The molecule has 0 aromatic heterocycles. The predicted molar refractivity (Wildman–Crippen MR) is 214 cm³/mol. The van der Waals surface area contributed by atoms with Crippen LogP contribution in [0.5, 0.6) is 0 Å². The number of hydrogen-bond acceptors (Lipinski definition) is 7. The summed E-state index contributed by atoms with van der Waals surface area (Å²) in [5.74, 6) is -5.98. The van der Waals surface area contributed by atoms with E-state index in [0.717, 1.165) is 55.6 Å². The summed E-state index contributed by atoms with van der Waals surface area (Å²) in [4.78, 5) is 38.7. The van der Waals surface area contributed by atoms with Gasteiger partial charge in [-0.3, -0.25) is 14.4 Å². The first-order valence-electron chi connectivity index (χ1n) is 20.8. The summed E-state index contributed by atoms with van der Waals surface area (Å²) in [7, 11) is 0. The van der Waals surface area contributed by atoms with E-state index in [1.165, 1.54) is 36.4 Å². The molecule has 0 amide bonds. The van der Waals surface area contributed by atoms with E-state index >= 15 is 13.2 Å². The van der Waals surface area contributed by atoms with Crippen LogP contribution in [0.3, 0.4) is 0 Å². The summed E-state index contributed by atoms with van der Waals surface area (Å²) < 4.78 is 45.1.